The molecule has 0 saturated heterocycles. The topological polar surface area (TPSA) is 135 Å². The Balaban J connectivity index is 1.56. The van der Waals surface area contributed by atoms with Crippen molar-refractivity contribution in [2.24, 2.45) is 16.6 Å². The zero-order valence-electron chi connectivity index (χ0n) is 19.9. The predicted octanol–water partition coefficient (Wildman–Crippen LogP) is 3.30. The van der Waals surface area contributed by atoms with Crippen molar-refractivity contribution < 1.29 is 19.3 Å². The molecule has 0 spiro atoms. The van der Waals surface area contributed by atoms with Gasteiger partial charge in [-0.05, 0) is 42.8 Å². The van der Waals surface area contributed by atoms with Crippen molar-refractivity contribution in [2.75, 3.05) is 7.11 Å². The highest BCUT2D eigenvalue weighted by Gasteiger charge is 2.31. The minimum atomic E-state index is -0.290. The summed E-state index contributed by atoms with van der Waals surface area (Å²) < 4.78 is 19.5. The number of para-hydroxylation sites is 1. The monoisotopic (exact) mass is 487 g/mol. The van der Waals surface area contributed by atoms with Gasteiger partial charge in [0.05, 0.1) is 24.2 Å². The number of aliphatic imine (C=N–C) groups is 1. The number of benzene rings is 2. The fraction of sp³-hybridized carbons (Fsp3) is 0.259. The molecule has 0 atom stereocenters. The van der Waals surface area contributed by atoms with Crippen LogP contribution < -0.4 is 11.1 Å². The summed E-state index contributed by atoms with van der Waals surface area (Å²) in [4.78, 5) is 27.7. The SMILES string of the molecule is COC(=O)C1CCC(c2nc(-c3cc4cccc(-c5ccccc5F)c4[nH]3)c(C(N)=NC=[NH2+])[nH]2)CC1. The molecule has 0 unspecified atom stereocenters. The van der Waals surface area contributed by atoms with Gasteiger partial charge < -0.3 is 20.4 Å². The number of fused-ring (bicyclic) bond motifs is 1. The molecule has 1 fully saturated rings. The first-order chi connectivity index (χ1) is 17.5. The van der Waals surface area contributed by atoms with Gasteiger partial charge in [-0.1, -0.05) is 36.4 Å². The Morgan fingerprint density at radius 1 is 1.14 bits per heavy atom. The summed E-state index contributed by atoms with van der Waals surface area (Å²) in [5.74, 6) is 0.610. The van der Waals surface area contributed by atoms with E-state index in [1.165, 1.54) is 13.2 Å². The molecule has 1 aliphatic rings. The first-order valence-electron chi connectivity index (χ1n) is 11.9. The highest BCUT2D eigenvalue weighted by atomic mass is 19.1. The summed E-state index contributed by atoms with van der Waals surface area (Å²) in [5.41, 5.74) is 10.2. The number of nitrogens with zero attached hydrogens (tertiary/aromatic N) is 2. The van der Waals surface area contributed by atoms with Crippen molar-refractivity contribution in [3.8, 4) is 22.5 Å². The van der Waals surface area contributed by atoms with Gasteiger partial charge in [0.1, 0.15) is 23.0 Å². The van der Waals surface area contributed by atoms with Crippen LogP contribution >= 0.6 is 0 Å². The molecule has 36 heavy (non-hydrogen) atoms. The molecular weight excluding hydrogens is 459 g/mol. The van der Waals surface area contributed by atoms with Crippen molar-refractivity contribution in [1.29, 1.82) is 0 Å². The first kappa shape index (κ1) is 23.5. The van der Waals surface area contributed by atoms with Gasteiger partial charge in [0, 0.05) is 22.4 Å². The lowest BCUT2D eigenvalue weighted by molar-refractivity contribution is -0.146. The maximum Gasteiger partial charge on any atom is 0.308 e. The van der Waals surface area contributed by atoms with Crippen LogP contribution in [0.4, 0.5) is 4.39 Å². The Morgan fingerprint density at radius 3 is 2.61 bits per heavy atom. The highest BCUT2D eigenvalue weighted by Crippen LogP contribution is 2.38. The maximum atomic E-state index is 14.6. The number of esters is 1. The lowest BCUT2D eigenvalue weighted by Gasteiger charge is -2.25. The number of carbonyl (C=O) groups excluding carboxylic acids is 1. The summed E-state index contributed by atoms with van der Waals surface area (Å²) in [6, 6.07) is 14.4. The van der Waals surface area contributed by atoms with Crippen LogP contribution in [-0.2, 0) is 9.53 Å². The lowest BCUT2D eigenvalue weighted by Crippen LogP contribution is -2.30. The van der Waals surface area contributed by atoms with E-state index in [9.17, 15) is 9.18 Å². The molecule has 9 heteroatoms. The molecule has 4 aromatic rings. The number of rotatable bonds is 6. The molecule has 2 aromatic heterocycles. The minimum Gasteiger partial charge on any atom is -0.469 e. The number of ether oxygens (including phenoxy) is 1. The molecule has 8 nitrogen and oxygen atoms in total. The van der Waals surface area contributed by atoms with Gasteiger partial charge in [-0.3, -0.25) is 10.2 Å². The van der Waals surface area contributed by atoms with Crippen LogP contribution in [0.5, 0.6) is 0 Å². The lowest BCUT2D eigenvalue weighted by atomic mass is 9.81. The molecular formula is C27H28FN6O2+. The number of nitrogens with two attached hydrogens (primary N) is 2. The molecule has 6 N–H and O–H groups in total. The number of H-pyrrole nitrogens is 2. The Kier molecular flexibility index (Phi) is 6.37. The third kappa shape index (κ3) is 4.28. The van der Waals surface area contributed by atoms with Gasteiger partial charge >= 0.3 is 5.97 Å². The number of hydrogen-bond acceptors (Lipinski definition) is 3. The summed E-state index contributed by atoms with van der Waals surface area (Å²) in [7, 11) is 1.42. The number of carbonyl (C=O) groups is 1. The van der Waals surface area contributed by atoms with E-state index in [0.717, 1.165) is 60.0 Å². The number of imidazole rings is 1. The van der Waals surface area contributed by atoms with Crippen LogP contribution in [0.1, 0.15) is 43.1 Å². The Labute approximate surface area is 207 Å². The number of aromatic amines is 2. The maximum absolute atomic E-state index is 14.6. The smallest absolute Gasteiger partial charge is 0.308 e. The Hall–Kier alpha value is -4.27. The van der Waals surface area contributed by atoms with E-state index in [2.05, 4.69) is 15.0 Å². The Bertz CT molecular complexity index is 1460. The van der Waals surface area contributed by atoms with E-state index in [1.807, 2.05) is 30.3 Å². The van der Waals surface area contributed by atoms with E-state index in [4.69, 9.17) is 20.9 Å². The van der Waals surface area contributed by atoms with Crippen LogP contribution in [0.3, 0.4) is 0 Å². The van der Waals surface area contributed by atoms with Crippen molar-refractivity contribution in [3.63, 3.8) is 0 Å². The van der Waals surface area contributed by atoms with Crippen molar-refractivity contribution in [2.45, 2.75) is 31.6 Å². The third-order valence-electron chi connectivity index (χ3n) is 6.92. The molecule has 0 aliphatic heterocycles. The van der Waals surface area contributed by atoms with E-state index < -0.39 is 0 Å². The molecule has 5 rings (SSSR count). The zero-order valence-corrected chi connectivity index (χ0v) is 19.9. The molecule has 0 amide bonds. The molecule has 184 valence electrons. The average Bonchev–Trinajstić information content (AvgIpc) is 3.54. The molecule has 0 radical (unpaired) electrons. The predicted molar refractivity (Wildman–Crippen MR) is 137 cm³/mol. The van der Waals surface area contributed by atoms with Gasteiger partial charge in [-0.2, -0.15) is 0 Å². The third-order valence-corrected chi connectivity index (χ3v) is 6.92. The molecule has 1 saturated carbocycles. The fourth-order valence-corrected chi connectivity index (χ4v) is 5.07. The van der Waals surface area contributed by atoms with Gasteiger partial charge in [0.15, 0.2) is 0 Å². The normalized spacial score (nSPS) is 18.3. The summed E-state index contributed by atoms with van der Waals surface area (Å²) in [5, 5.41) is 6.43. The van der Waals surface area contributed by atoms with Crippen LogP contribution in [-0.4, -0.2) is 40.2 Å². The van der Waals surface area contributed by atoms with E-state index in [0.29, 0.717) is 17.0 Å². The zero-order chi connectivity index (χ0) is 25.2. The second-order valence-corrected chi connectivity index (χ2v) is 9.01. The summed E-state index contributed by atoms with van der Waals surface area (Å²) >= 11 is 0. The Morgan fingerprint density at radius 2 is 1.89 bits per heavy atom. The fourth-order valence-electron chi connectivity index (χ4n) is 5.07. The average molecular weight is 488 g/mol. The number of halogens is 1. The van der Waals surface area contributed by atoms with Crippen LogP contribution in [0, 0.1) is 11.7 Å². The van der Waals surface area contributed by atoms with Crippen LogP contribution in [0.25, 0.3) is 33.4 Å². The molecule has 0 bridgehead atoms. The van der Waals surface area contributed by atoms with Gasteiger partial charge in [-0.15, -0.1) is 0 Å². The number of aromatic nitrogens is 3. The van der Waals surface area contributed by atoms with Crippen molar-refractivity contribution in [3.05, 3.63) is 65.9 Å². The standard InChI is InChI=1S/C27H27FN6O2/c1-36-27(35)16-11-9-15(10-12-16)26-33-23(24(34-26)25(30)31-14-29)21-13-17-5-4-7-19(22(17)32-21)18-6-2-3-8-20(18)28/h2-8,13-16,32H,9-12H2,1H3,(H,33,34)(H3,29,30,31)/p+1. The number of nitrogens with one attached hydrogen (secondary N) is 2. The number of methoxy groups -OCH3 is 1. The molecule has 2 aromatic carbocycles. The van der Waals surface area contributed by atoms with Crippen LogP contribution in [0.15, 0.2) is 53.5 Å². The van der Waals surface area contributed by atoms with E-state index in [-0.39, 0.29) is 29.5 Å². The minimum absolute atomic E-state index is 0.0795. The van der Waals surface area contributed by atoms with Crippen LogP contribution in [0.2, 0.25) is 0 Å². The molecule has 2 heterocycles. The number of hydrogen-bond donors (Lipinski definition) is 4. The quantitative estimate of drug-likeness (QED) is 0.189. The van der Waals surface area contributed by atoms with Gasteiger partial charge in [0.25, 0.3) is 12.2 Å². The molecule has 1 aliphatic carbocycles. The first-order valence-corrected chi connectivity index (χ1v) is 11.9. The summed E-state index contributed by atoms with van der Waals surface area (Å²) in [6.07, 6.45) is 4.22. The highest BCUT2D eigenvalue weighted by molar-refractivity contribution is 6.05. The largest absolute Gasteiger partial charge is 0.469 e. The van der Waals surface area contributed by atoms with Crippen molar-refractivity contribution >= 4 is 29.0 Å². The van der Waals surface area contributed by atoms with E-state index in [1.54, 1.807) is 12.1 Å². The van der Waals surface area contributed by atoms with Gasteiger partial charge in [-0.25, -0.2) is 9.37 Å². The number of amidine groups is 1. The second kappa shape index (κ2) is 9.77. The van der Waals surface area contributed by atoms with E-state index >= 15 is 0 Å². The van der Waals surface area contributed by atoms with Gasteiger partial charge in [0.2, 0.25) is 0 Å². The summed E-state index contributed by atoms with van der Waals surface area (Å²) in [6.45, 7) is 0. The van der Waals surface area contributed by atoms with Crippen molar-refractivity contribution in [1.82, 2.24) is 15.0 Å². The second-order valence-electron chi connectivity index (χ2n) is 9.01.